The number of benzene rings is 1. The second kappa shape index (κ2) is 7.16. The molecule has 1 saturated heterocycles. The minimum absolute atomic E-state index is 0.0120. The summed E-state index contributed by atoms with van der Waals surface area (Å²) < 4.78 is 34.0. The summed E-state index contributed by atoms with van der Waals surface area (Å²) in [5.41, 5.74) is 1.07. The van der Waals surface area contributed by atoms with Crippen LogP contribution in [-0.4, -0.2) is 55.9 Å². The van der Waals surface area contributed by atoms with E-state index >= 15 is 0 Å². The quantitative estimate of drug-likeness (QED) is 0.715. The monoisotopic (exact) mass is 413 g/mol. The lowest BCUT2D eigenvalue weighted by atomic mass is 10.1. The number of carbonyl (C=O) groups excluding carboxylic acids is 2. The van der Waals surface area contributed by atoms with Crippen LogP contribution in [-0.2, 0) is 19.4 Å². The van der Waals surface area contributed by atoms with E-state index in [1.807, 2.05) is 0 Å². The van der Waals surface area contributed by atoms with Gasteiger partial charge in [-0.15, -0.1) is 0 Å². The number of nitrogens with zero attached hydrogens (tertiary/aromatic N) is 1. The molecule has 146 valence electrons. The molecule has 1 aliphatic heterocycles. The lowest BCUT2D eigenvalue weighted by Crippen LogP contribution is -2.44. The highest BCUT2D eigenvalue weighted by molar-refractivity contribution is 7.91. The molecule has 0 aliphatic carbocycles. The van der Waals surface area contributed by atoms with Gasteiger partial charge < -0.3 is 14.1 Å². The predicted octanol–water partition coefficient (Wildman–Crippen LogP) is 2.59. The van der Waals surface area contributed by atoms with Crippen LogP contribution in [0.2, 0.25) is 5.02 Å². The molecular formula is C18H20ClNO6S. The van der Waals surface area contributed by atoms with Crippen LogP contribution in [0.3, 0.4) is 0 Å². The van der Waals surface area contributed by atoms with Crippen molar-refractivity contribution in [3.05, 3.63) is 34.5 Å². The number of sulfone groups is 1. The molecule has 0 radical (unpaired) electrons. The molecule has 9 heteroatoms. The van der Waals surface area contributed by atoms with E-state index in [1.54, 1.807) is 25.1 Å². The van der Waals surface area contributed by atoms with Gasteiger partial charge in [-0.3, -0.25) is 4.79 Å². The van der Waals surface area contributed by atoms with E-state index in [1.165, 1.54) is 18.9 Å². The first-order chi connectivity index (χ1) is 12.6. The summed E-state index contributed by atoms with van der Waals surface area (Å²) in [6.07, 6.45) is -0.684. The number of esters is 1. The highest BCUT2D eigenvalue weighted by atomic mass is 35.5. The van der Waals surface area contributed by atoms with Gasteiger partial charge in [-0.2, -0.15) is 0 Å². The second-order valence-electron chi connectivity index (χ2n) is 6.75. The van der Waals surface area contributed by atoms with Gasteiger partial charge in [-0.05, 0) is 38.5 Å². The maximum atomic E-state index is 12.5. The average Bonchev–Trinajstić information content (AvgIpc) is 3.13. The summed E-state index contributed by atoms with van der Waals surface area (Å²) in [4.78, 5) is 26.3. The molecule has 0 unspecified atom stereocenters. The molecular weight excluding hydrogens is 394 g/mol. The summed E-state index contributed by atoms with van der Waals surface area (Å²) in [5.74, 6) is -1.21. The van der Waals surface area contributed by atoms with Crippen LogP contribution in [0, 0.1) is 6.92 Å². The molecule has 3 rings (SSSR count). The highest BCUT2D eigenvalue weighted by Gasteiger charge is 2.35. The zero-order chi connectivity index (χ0) is 19.9. The Labute approximate surface area is 162 Å². The fraction of sp³-hybridized carbons (Fsp3) is 0.444. The lowest BCUT2D eigenvalue weighted by molar-refractivity contribution is -0.140. The Balaban J connectivity index is 1.72. The van der Waals surface area contributed by atoms with Gasteiger partial charge in [0.2, 0.25) is 5.76 Å². The smallest absolute Gasteiger partial charge is 0.375 e. The van der Waals surface area contributed by atoms with Crippen LogP contribution in [0.4, 0.5) is 0 Å². The molecule has 2 aromatic rings. The average molecular weight is 414 g/mol. The number of likely N-dealkylation sites (N-methyl/N-ethyl adjacent to an activating group) is 1. The highest BCUT2D eigenvalue weighted by Crippen LogP contribution is 2.28. The Kier molecular flexibility index (Phi) is 5.22. The van der Waals surface area contributed by atoms with Gasteiger partial charge in [0, 0.05) is 29.1 Å². The first-order valence-electron chi connectivity index (χ1n) is 8.46. The van der Waals surface area contributed by atoms with Crippen molar-refractivity contribution < 1.29 is 27.2 Å². The second-order valence-corrected chi connectivity index (χ2v) is 9.42. The van der Waals surface area contributed by atoms with E-state index in [9.17, 15) is 18.0 Å². The van der Waals surface area contributed by atoms with Gasteiger partial charge in [0.1, 0.15) is 5.58 Å². The van der Waals surface area contributed by atoms with E-state index in [-0.39, 0.29) is 17.3 Å². The van der Waals surface area contributed by atoms with Crippen LogP contribution >= 0.6 is 11.6 Å². The summed E-state index contributed by atoms with van der Waals surface area (Å²) >= 11 is 5.97. The van der Waals surface area contributed by atoms with Crippen LogP contribution < -0.4 is 0 Å². The third-order valence-electron chi connectivity index (χ3n) is 4.82. The van der Waals surface area contributed by atoms with E-state index < -0.39 is 33.9 Å². The Morgan fingerprint density at radius 1 is 1.37 bits per heavy atom. The first kappa shape index (κ1) is 19.7. The molecule has 1 aliphatic rings. The number of fused-ring (bicyclic) bond motifs is 1. The topological polar surface area (TPSA) is 93.9 Å². The van der Waals surface area contributed by atoms with E-state index in [2.05, 4.69) is 0 Å². The van der Waals surface area contributed by atoms with Crippen LogP contribution in [0.1, 0.15) is 29.5 Å². The summed E-state index contributed by atoms with van der Waals surface area (Å²) in [6.45, 7) is 3.16. The molecule has 2 heterocycles. The fourth-order valence-electron chi connectivity index (χ4n) is 3.20. The van der Waals surface area contributed by atoms with Gasteiger partial charge in [-0.25, -0.2) is 13.2 Å². The molecule has 7 nitrogen and oxygen atoms in total. The number of amides is 1. The van der Waals surface area contributed by atoms with Crippen LogP contribution in [0.5, 0.6) is 0 Å². The van der Waals surface area contributed by atoms with Crippen LogP contribution in [0.25, 0.3) is 11.0 Å². The minimum atomic E-state index is -3.12. The van der Waals surface area contributed by atoms with E-state index in [0.717, 1.165) is 0 Å². The van der Waals surface area contributed by atoms with Gasteiger partial charge in [0.15, 0.2) is 15.9 Å². The van der Waals surface area contributed by atoms with E-state index in [0.29, 0.717) is 28.0 Å². The van der Waals surface area contributed by atoms with Crippen molar-refractivity contribution in [1.82, 2.24) is 4.90 Å². The number of ether oxygens (including phenoxy) is 1. The van der Waals surface area contributed by atoms with Crippen molar-refractivity contribution in [2.45, 2.75) is 32.4 Å². The Morgan fingerprint density at radius 3 is 2.70 bits per heavy atom. The standard InChI is InChI=1S/C18H20ClNO6S/c1-10-14-8-12(19)4-5-15(14)26-16(10)18(22)25-11(2)17(21)20(3)13-6-7-27(23,24)9-13/h4-5,8,11,13H,6-7,9H2,1-3H3/t11-,13+/m1/s1. The predicted molar refractivity (Wildman–Crippen MR) is 101 cm³/mol. The van der Waals surface area contributed by atoms with Crippen molar-refractivity contribution in [2.24, 2.45) is 0 Å². The third kappa shape index (κ3) is 3.96. The molecule has 0 bridgehead atoms. The third-order valence-corrected chi connectivity index (χ3v) is 6.80. The van der Waals surface area contributed by atoms with Crippen molar-refractivity contribution >= 4 is 44.3 Å². The molecule has 0 saturated carbocycles. The molecule has 27 heavy (non-hydrogen) atoms. The summed E-state index contributed by atoms with van der Waals surface area (Å²) in [7, 11) is -1.60. The maximum absolute atomic E-state index is 12.5. The minimum Gasteiger partial charge on any atom is -0.449 e. The van der Waals surface area contributed by atoms with Crippen molar-refractivity contribution in [1.29, 1.82) is 0 Å². The number of aryl methyl sites for hydroxylation is 1. The molecule has 0 N–H and O–H groups in total. The summed E-state index contributed by atoms with van der Waals surface area (Å²) in [5, 5.41) is 1.21. The van der Waals surface area contributed by atoms with Gasteiger partial charge >= 0.3 is 5.97 Å². The number of carbonyl (C=O) groups is 2. The van der Waals surface area contributed by atoms with Crippen molar-refractivity contribution in [3.63, 3.8) is 0 Å². The fourth-order valence-corrected chi connectivity index (χ4v) is 5.15. The number of hydrogen-bond acceptors (Lipinski definition) is 6. The van der Waals surface area contributed by atoms with Crippen molar-refractivity contribution in [3.8, 4) is 0 Å². The largest absolute Gasteiger partial charge is 0.449 e. The number of hydrogen-bond donors (Lipinski definition) is 0. The summed E-state index contributed by atoms with van der Waals surface area (Å²) in [6, 6.07) is 4.59. The molecule has 1 aromatic heterocycles. The van der Waals surface area contributed by atoms with Gasteiger partial charge in [0.05, 0.1) is 11.5 Å². The first-order valence-corrected chi connectivity index (χ1v) is 10.7. The maximum Gasteiger partial charge on any atom is 0.375 e. The van der Waals surface area contributed by atoms with Crippen LogP contribution in [0.15, 0.2) is 22.6 Å². The lowest BCUT2D eigenvalue weighted by Gasteiger charge is -2.26. The molecule has 1 aromatic carbocycles. The molecule has 1 fully saturated rings. The van der Waals surface area contributed by atoms with Gasteiger partial charge in [-0.1, -0.05) is 11.6 Å². The van der Waals surface area contributed by atoms with Crippen molar-refractivity contribution in [2.75, 3.05) is 18.6 Å². The van der Waals surface area contributed by atoms with Gasteiger partial charge in [0.25, 0.3) is 5.91 Å². The molecule has 1 amide bonds. The SMILES string of the molecule is Cc1c(C(=O)O[C@H](C)C(=O)N(C)[C@H]2CCS(=O)(=O)C2)oc2ccc(Cl)cc12. The zero-order valence-corrected chi connectivity index (χ0v) is 16.8. The number of halogens is 1. The normalized spacial score (nSPS) is 19.8. The Hall–Kier alpha value is -2.06. The molecule has 2 atom stereocenters. The zero-order valence-electron chi connectivity index (χ0n) is 15.2. The number of furan rings is 1. The Morgan fingerprint density at radius 2 is 2.07 bits per heavy atom. The Bertz CT molecular complexity index is 1010. The molecule has 0 spiro atoms. The number of rotatable bonds is 4. The van der Waals surface area contributed by atoms with E-state index in [4.69, 9.17) is 20.8 Å².